The molecule has 0 aliphatic rings. The van der Waals surface area contributed by atoms with E-state index < -0.39 is 11.8 Å². The molecule has 0 atom stereocenters. The highest BCUT2D eigenvalue weighted by Crippen LogP contribution is 2.29. The molecular formula is C11H9FO3. The number of carbonyl (C=O) groups is 1. The molecule has 0 unspecified atom stereocenters. The number of hydrogen-bond donors (Lipinski definition) is 1. The lowest BCUT2D eigenvalue weighted by molar-refractivity contribution is 0.0663. The van der Waals surface area contributed by atoms with E-state index in [0.717, 1.165) is 5.56 Å². The summed E-state index contributed by atoms with van der Waals surface area (Å²) in [6.07, 6.45) is 0. The van der Waals surface area contributed by atoms with E-state index in [2.05, 4.69) is 0 Å². The van der Waals surface area contributed by atoms with Crippen molar-refractivity contribution < 1.29 is 18.7 Å². The van der Waals surface area contributed by atoms with Crippen LogP contribution in [0.15, 0.2) is 16.5 Å². The van der Waals surface area contributed by atoms with E-state index in [1.165, 1.54) is 6.07 Å². The van der Waals surface area contributed by atoms with Gasteiger partial charge < -0.3 is 9.52 Å². The zero-order valence-electron chi connectivity index (χ0n) is 8.30. The van der Waals surface area contributed by atoms with Gasteiger partial charge in [-0.25, -0.2) is 9.18 Å². The van der Waals surface area contributed by atoms with Crippen molar-refractivity contribution in [3.05, 3.63) is 34.8 Å². The zero-order chi connectivity index (χ0) is 11.2. The lowest BCUT2D eigenvalue weighted by atomic mass is 10.1. The maximum Gasteiger partial charge on any atom is 0.372 e. The van der Waals surface area contributed by atoms with Gasteiger partial charge >= 0.3 is 5.97 Å². The first-order valence-electron chi connectivity index (χ1n) is 4.44. The maximum atomic E-state index is 13.3. The van der Waals surface area contributed by atoms with E-state index in [1.54, 1.807) is 19.9 Å². The third-order valence-corrected chi connectivity index (χ3v) is 2.43. The highest BCUT2D eigenvalue weighted by molar-refractivity contribution is 5.96. The summed E-state index contributed by atoms with van der Waals surface area (Å²) in [5.74, 6) is -1.91. The average molecular weight is 208 g/mol. The standard InChI is InChI=1S/C11H9FO3/c1-5-3-4-7(12)10-8(5)6(2)9(15-10)11(13)14/h3-4H,1-2H3,(H,13,14). The molecule has 3 nitrogen and oxygen atoms in total. The molecule has 0 spiro atoms. The van der Waals surface area contributed by atoms with Gasteiger partial charge in [-0.3, -0.25) is 0 Å². The Morgan fingerprint density at radius 2 is 2.07 bits per heavy atom. The number of fused-ring (bicyclic) bond motifs is 1. The Balaban J connectivity index is 2.93. The first-order chi connectivity index (χ1) is 7.02. The SMILES string of the molecule is Cc1ccc(F)c2oc(C(=O)O)c(C)c12. The van der Waals surface area contributed by atoms with Crippen LogP contribution in [0.1, 0.15) is 21.7 Å². The minimum Gasteiger partial charge on any atom is -0.475 e. The van der Waals surface area contributed by atoms with E-state index in [-0.39, 0.29) is 11.3 Å². The Morgan fingerprint density at radius 3 is 2.60 bits per heavy atom. The van der Waals surface area contributed by atoms with Crippen LogP contribution in [-0.2, 0) is 0 Å². The summed E-state index contributed by atoms with van der Waals surface area (Å²) in [5.41, 5.74) is 1.29. The van der Waals surface area contributed by atoms with Crippen LogP contribution in [0.4, 0.5) is 4.39 Å². The quantitative estimate of drug-likeness (QED) is 0.783. The largest absolute Gasteiger partial charge is 0.475 e. The highest BCUT2D eigenvalue weighted by Gasteiger charge is 2.19. The Labute approximate surface area is 85.1 Å². The Kier molecular flexibility index (Phi) is 2.00. The molecule has 1 heterocycles. The molecular weight excluding hydrogens is 199 g/mol. The summed E-state index contributed by atoms with van der Waals surface area (Å²) in [6.45, 7) is 3.40. The molecule has 0 saturated heterocycles. The number of aryl methyl sites for hydroxylation is 2. The van der Waals surface area contributed by atoms with Crippen LogP contribution < -0.4 is 0 Å². The van der Waals surface area contributed by atoms with Gasteiger partial charge in [0.1, 0.15) is 0 Å². The van der Waals surface area contributed by atoms with Gasteiger partial charge in [-0.2, -0.15) is 0 Å². The number of carboxylic acids is 1. The molecule has 78 valence electrons. The van der Waals surface area contributed by atoms with E-state index in [4.69, 9.17) is 9.52 Å². The summed E-state index contributed by atoms with van der Waals surface area (Å²) >= 11 is 0. The third-order valence-electron chi connectivity index (χ3n) is 2.43. The maximum absolute atomic E-state index is 13.3. The molecule has 1 aromatic heterocycles. The van der Waals surface area contributed by atoms with Gasteiger partial charge in [0.05, 0.1) is 0 Å². The molecule has 0 aliphatic carbocycles. The molecule has 1 N–H and O–H groups in total. The molecule has 2 rings (SSSR count). The van der Waals surface area contributed by atoms with Crippen LogP contribution in [0, 0.1) is 19.7 Å². The molecule has 15 heavy (non-hydrogen) atoms. The average Bonchev–Trinajstić information content (AvgIpc) is 2.51. The first-order valence-corrected chi connectivity index (χ1v) is 4.44. The zero-order valence-corrected chi connectivity index (χ0v) is 8.30. The summed E-state index contributed by atoms with van der Waals surface area (Å²) in [6, 6.07) is 2.87. The summed E-state index contributed by atoms with van der Waals surface area (Å²) < 4.78 is 18.3. The molecule has 0 aliphatic heterocycles. The highest BCUT2D eigenvalue weighted by atomic mass is 19.1. The fourth-order valence-corrected chi connectivity index (χ4v) is 1.72. The molecule has 0 bridgehead atoms. The fourth-order valence-electron chi connectivity index (χ4n) is 1.72. The summed E-state index contributed by atoms with van der Waals surface area (Å²) in [4.78, 5) is 10.8. The Hall–Kier alpha value is -1.84. The first kappa shape index (κ1) is 9.71. The van der Waals surface area contributed by atoms with Crippen LogP contribution in [0.25, 0.3) is 11.0 Å². The number of halogens is 1. The van der Waals surface area contributed by atoms with Gasteiger partial charge in [0, 0.05) is 10.9 Å². The smallest absolute Gasteiger partial charge is 0.372 e. The monoisotopic (exact) mass is 208 g/mol. The molecule has 0 saturated carbocycles. The van der Waals surface area contributed by atoms with Crippen molar-refractivity contribution in [2.45, 2.75) is 13.8 Å². The third kappa shape index (κ3) is 1.29. The van der Waals surface area contributed by atoms with Crippen LogP contribution in [0.2, 0.25) is 0 Å². The van der Waals surface area contributed by atoms with Gasteiger partial charge in [-0.1, -0.05) is 6.07 Å². The van der Waals surface area contributed by atoms with Gasteiger partial charge in [0.15, 0.2) is 11.4 Å². The van der Waals surface area contributed by atoms with E-state index in [0.29, 0.717) is 10.9 Å². The van der Waals surface area contributed by atoms with Crippen LogP contribution in [-0.4, -0.2) is 11.1 Å². The number of furan rings is 1. The second-order valence-electron chi connectivity index (χ2n) is 3.43. The van der Waals surface area contributed by atoms with Gasteiger partial charge in [0.25, 0.3) is 0 Å². The Morgan fingerprint density at radius 1 is 1.40 bits per heavy atom. The van der Waals surface area contributed by atoms with E-state index in [9.17, 15) is 9.18 Å². The van der Waals surface area contributed by atoms with Crippen molar-refractivity contribution in [3.8, 4) is 0 Å². The second kappa shape index (κ2) is 3.08. The number of carboxylic acid groups (broad SMARTS) is 1. The second-order valence-corrected chi connectivity index (χ2v) is 3.43. The predicted octanol–water partition coefficient (Wildman–Crippen LogP) is 2.89. The van der Waals surface area contributed by atoms with E-state index in [1.807, 2.05) is 0 Å². The van der Waals surface area contributed by atoms with Crippen molar-refractivity contribution >= 4 is 16.9 Å². The molecule has 0 fully saturated rings. The molecule has 1 aromatic carbocycles. The molecule has 2 aromatic rings. The van der Waals surface area contributed by atoms with Crippen molar-refractivity contribution in [1.29, 1.82) is 0 Å². The number of rotatable bonds is 1. The summed E-state index contributed by atoms with van der Waals surface area (Å²) in [5, 5.41) is 9.38. The van der Waals surface area contributed by atoms with Crippen molar-refractivity contribution in [2.24, 2.45) is 0 Å². The van der Waals surface area contributed by atoms with Crippen molar-refractivity contribution in [3.63, 3.8) is 0 Å². The fraction of sp³-hybridized carbons (Fsp3) is 0.182. The van der Waals surface area contributed by atoms with Gasteiger partial charge in [-0.05, 0) is 25.5 Å². The Bertz CT molecular complexity index is 554. The molecule has 4 heteroatoms. The van der Waals surface area contributed by atoms with E-state index >= 15 is 0 Å². The van der Waals surface area contributed by atoms with Gasteiger partial charge in [-0.15, -0.1) is 0 Å². The number of benzene rings is 1. The van der Waals surface area contributed by atoms with Crippen LogP contribution in [0.5, 0.6) is 0 Å². The normalized spacial score (nSPS) is 10.9. The lowest BCUT2D eigenvalue weighted by Crippen LogP contribution is -1.95. The van der Waals surface area contributed by atoms with Crippen LogP contribution in [0.3, 0.4) is 0 Å². The van der Waals surface area contributed by atoms with Crippen molar-refractivity contribution in [1.82, 2.24) is 0 Å². The topological polar surface area (TPSA) is 50.4 Å². The van der Waals surface area contributed by atoms with Crippen LogP contribution >= 0.6 is 0 Å². The van der Waals surface area contributed by atoms with Crippen molar-refractivity contribution in [2.75, 3.05) is 0 Å². The molecule has 0 radical (unpaired) electrons. The minimum atomic E-state index is -1.18. The lowest BCUT2D eigenvalue weighted by Gasteiger charge is -1.96. The predicted molar refractivity (Wildman–Crippen MR) is 52.6 cm³/mol. The van der Waals surface area contributed by atoms with Gasteiger partial charge in [0.2, 0.25) is 5.76 Å². The molecule has 0 amide bonds. The summed E-state index contributed by atoms with van der Waals surface area (Å²) in [7, 11) is 0. The minimum absolute atomic E-state index is 0.0184. The number of aromatic carboxylic acids is 1. The number of hydrogen-bond acceptors (Lipinski definition) is 2.